The Morgan fingerprint density at radius 3 is 2.63 bits per heavy atom. The van der Waals surface area contributed by atoms with E-state index in [1.54, 1.807) is 7.11 Å². The van der Waals surface area contributed by atoms with Crippen LogP contribution >= 0.6 is 0 Å². The van der Waals surface area contributed by atoms with E-state index in [1.807, 2.05) is 12.1 Å². The van der Waals surface area contributed by atoms with Crippen LogP contribution in [0.5, 0.6) is 5.75 Å². The van der Waals surface area contributed by atoms with E-state index in [0.29, 0.717) is 0 Å². The molecule has 0 amide bonds. The zero-order chi connectivity index (χ0) is 20.3. The van der Waals surface area contributed by atoms with Crippen LogP contribution in [0.3, 0.4) is 0 Å². The first-order valence-corrected chi connectivity index (χ1v) is 11.3. The topological polar surface area (TPSA) is 48.1 Å². The highest BCUT2D eigenvalue weighted by atomic mass is 16.5. The number of hydrogen-bond donors (Lipinski definition) is 1. The Bertz CT molecular complexity index is 1120. The van der Waals surface area contributed by atoms with Crippen LogP contribution in [0, 0.1) is 0 Å². The minimum absolute atomic E-state index is 0.832. The fourth-order valence-electron chi connectivity index (χ4n) is 4.83. The van der Waals surface area contributed by atoms with Crippen LogP contribution in [0.1, 0.15) is 38.5 Å². The number of imidazole rings is 2. The van der Waals surface area contributed by atoms with Crippen molar-refractivity contribution in [2.24, 2.45) is 0 Å². The molecule has 0 radical (unpaired) electrons. The van der Waals surface area contributed by atoms with Gasteiger partial charge in [0, 0.05) is 24.7 Å². The molecule has 1 saturated carbocycles. The number of benzene rings is 2. The summed E-state index contributed by atoms with van der Waals surface area (Å²) in [5.74, 6) is 1.91. The van der Waals surface area contributed by atoms with Crippen LogP contribution in [-0.4, -0.2) is 33.6 Å². The van der Waals surface area contributed by atoms with Crippen molar-refractivity contribution in [1.29, 1.82) is 0 Å². The predicted molar refractivity (Wildman–Crippen MR) is 121 cm³/mol. The molecule has 5 rings (SSSR count). The predicted octanol–water partition coefficient (Wildman–Crippen LogP) is 4.25. The van der Waals surface area contributed by atoms with Gasteiger partial charge in [0.05, 0.1) is 36.4 Å². The molecule has 0 saturated heterocycles. The molecule has 5 nitrogen and oxygen atoms in total. The largest absolute Gasteiger partial charge is 0.497 e. The maximum absolute atomic E-state index is 5.35. The maximum Gasteiger partial charge on any atom is 0.215 e. The summed E-state index contributed by atoms with van der Waals surface area (Å²) in [5.41, 5.74) is 4.62. The fourth-order valence-corrected chi connectivity index (χ4v) is 4.83. The molecule has 2 N–H and O–H groups in total. The van der Waals surface area contributed by atoms with Gasteiger partial charge < -0.3 is 14.6 Å². The quantitative estimate of drug-likeness (QED) is 0.469. The van der Waals surface area contributed by atoms with Gasteiger partial charge >= 0.3 is 0 Å². The summed E-state index contributed by atoms with van der Waals surface area (Å²) in [6, 6.07) is 17.6. The van der Waals surface area contributed by atoms with Crippen molar-refractivity contribution >= 4 is 16.8 Å². The first-order valence-electron chi connectivity index (χ1n) is 11.3. The summed E-state index contributed by atoms with van der Waals surface area (Å²) < 4.78 is 9.97. The first-order chi connectivity index (χ1) is 14.8. The molecule has 2 heterocycles. The summed E-state index contributed by atoms with van der Waals surface area (Å²) in [6.07, 6.45) is 10.4. The molecule has 4 aromatic rings. The van der Waals surface area contributed by atoms with Crippen LogP contribution in [-0.2, 0) is 6.54 Å². The molecule has 0 bridgehead atoms. The summed E-state index contributed by atoms with van der Waals surface area (Å²) in [4.78, 5) is 4.95. The van der Waals surface area contributed by atoms with Crippen molar-refractivity contribution in [1.82, 2.24) is 14.0 Å². The standard InChI is InChI=1S/C25H30N4O/c1-30-21-14-12-19(13-15-21)24-18-29-23-11-6-5-10-22(23)27-25(29)28(24)17-7-16-26-20-8-3-2-4-9-20/h5-6,10-15,18,20,26H,2-4,7-9,16-17H2,1H3/p+1. The third kappa shape index (κ3) is 3.70. The van der Waals surface area contributed by atoms with Crippen LogP contribution < -0.4 is 10.1 Å². The van der Waals surface area contributed by atoms with E-state index in [0.717, 1.165) is 41.6 Å². The van der Waals surface area contributed by atoms with Crippen molar-refractivity contribution in [2.75, 3.05) is 13.7 Å². The van der Waals surface area contributed by atoms with Crippen molar-refractivity contribution in [3.63, 3.8) is 0 Å². The lowest BCUT2D eigenvalue weighted by atomic mass is 9.95. The average molecular weight is 404 g/mol. The molecule has 30 heavy (non-hydrogen) atoms. The van der Waals surface area contributed by atoms with Crippen LogP contribution in [0.4, 0.5) is 0 Å². The Morgan fingerprint density at radius 1 is 1.03 bits per heavy atom. The van der Waals surface area contributed by atoms with Gasteiger partial charge in [-0.05, 0) is 62.1 Å². The van der Waals surface area contributed by atoms with Gasteiger partial charge in [-0.15, -0.1) is 0 Å². The van der Waals surface area contributed by atoms with Gasteiger partial charge in [0.15, 0.2) is 0 Å². The minimum Gasteiger partial charge on any atom is -0.497 e. The fraction of sp³-hybridized carbons (Fsp3) is 0.400. The van der Waals surface area contributed by atoms with E-state index in [2.05, 4.69) is 56.9 Å². The lowest BCUT2D eigenvalue weighted by Gasteiger charge is -2.20. The number of hydrogen-bond acceptors (Lipinski definition) is 2. The number of aromatic nitrogens is 3. The Kier molecular flexibility index (Phi) is 5.45. The molecule has 2 aromatic carbocycles. The van der Waals surface area contributed by atoms with E-state index in [9.17, 15) is 0 Å². The van der Waals surface area contributed by atoms with Crippen molar-refractivity contribution in [3.8, 4) is 17.0 Å². The Hall–Kier alpha value is -2.79. The molecule has 0 unspecified atom stereocenters. The molecule has 156 valence electrons. The molecule has 0 aliphatic heterocycles. The smallest absolute Gasteiger partial charge is 0.215 e. The van der Waals surface area contributed by atoms with Gasteiger partial charge in [-0.25, -0.2) is 4.98 Å². The number of para-hydroxylation sites is 2. The van der Waals surface area contributed by atoms with Crippen molar-refractivity contribution < 1.29 is 10.1 Å². The van der Waals surface area contributed by atoms with E-state index < -0.39 is 0 Å². The van der Waals surface area contributed by atoms with E-state index in [1.165, 1.54) is 49.9 Å². The molecule has 1 aliphatic carbocycles. The number of fused-ring (bicyclic) bond motifs is 3. The van der Waals surface area contributed by atoms with E-state index in [-0.39, 0.29) is 0 Å². The third-order valence-corrected chi connectivity index (χ3v) is 6.48. The summed E-state index contributed by atoms with van der Waals surface area (Å²) in [6.45, 7) is 2.15. The molecule has 1 fully saturated rings. The van der Waals surface area contributed by atoms with Gasteiger partial charge in [-0.2, -0.15) is 0 Å². The normalized spacial score (nSPS) is 15.2. The Balaban J connectivity index is 1.43. The van der Waals surface area contributed by atoms with Gasteiger partial charge in [-0.1, -0.05) is 18.6 Å². The number of quaternary nitrogens is 1. The molecular formula is C25H31N4O+. The maximum atomic E-state index is 5.35. The zero-order valence-corrected chi connectivity index (χ0v) is 17.8. The van der Waals surface area contributed by atoms with Gasteiger partial charge in [0.1, 0.15) is 5.75 Å². The zero-order valence-electron chi connectivity index (χ0n) is 17.8. The number of aryl methyl sites for hydroxylation is 1. The molecule has 0 spiro atoms. The van der Waals surface area contributed by atoms with E-state index >= 15 is 0 Å². The Morgan fingerprint density at radius 2 is 1.83 bits per heavy atom. The summed E-state index contributed by atoms with van der Waals surface area (Å²) >= 11 is 0. The third-order valence-electron chi connectivity index (χ3n) is 6.48. The lowest BCUT2D eigenvalue weighted by Crippen LogP contribution is -2.90. The second-order valence-electron chi connectivity index (χ2n) is 8.44. The van der Waals surface area contributed by atoms with Gasteiger partial charge in [0.2, 0.25) is 5.78 Å². The van der Waals surface area contributed by atoms with Crippen LogP contribution in [0.25, 0.3) is 28.1 Å². The first kappa shape index (κ1) is 19.2. The molecule has 5 heteroatoms. The molecule has 0 atom stereocenters. The number of methoxy groups -OCH3 is 1. The van der Waals surface area contributed by atoms with Crippen molar-refractivity contribution in [3.05, 3.63) is 54.7 Å². The van der Waals surface area contributed by atoms with Crippen LogP contribution in [0.15, 0.2) is 54.7 Å². The second-order valence-corrected chi connectivity index (χ2v) is 8.44. The van der Waals surface area contributed by atoms with E-state index in [4.69, 9.17) is 9.72 Å². The number of ether oxygens (including phenoxy) is 1. The highest BCUT2D eigenvalue weighted by molar-refractivity contribution is 5.81. The summed E-state index contributed by atoms with van der Waals surface area (Å²) in [5, 5.41) is 2.58. The lowest BCUT2D eigenvalue weighted by molar-refractivity contribution is -0.692. The summed E-state index contributed by atoms with van der Waals surface area (Å²) in [7, 11) is 1.71. The van der Waals surface area contributed by atoms with Crippen LogP contribution in [0.2, 0.25) is 0 Å². The number of rotatable bonds is 7. The minimum atomic E-state index is 0.832. The highest BCUT2D eigenvalue weighted by Crippen LogP contribution is 2.28. The van der Waals surface area contributed by atoms with Gasteiger partial charge in [-0.3, -0.25) is 4.40 Å². The number of nitrogens with two attached hydrogens (primary N) is 1. The number of nitrogens with zero attached hydrogens (tertiary/aromatic N) is 3. The van der Waals surface area contributed by atoms with Gasteiger partial charge in [0.25, 0.3) is 0 Å². The average Bonchev–Trinajstić information content (AvgIpc) is 3.34. The monoisotopic (exact) mass is 403 g/mol. The Labute approximate surface area is 177 Å². The SMILES string of the molecule is COc1ccc(-c2cn3c4ccccc4nc3n2CCC[NH2+]C2CCCCC2)cc1. The molecule has 1 aliphatic rings. The second kappa shape index (κ2) is 8.52. The highest BCUT2D eigenvalue weighted by Gasteiger charge is 2.17. The molecule has 2 aromatic heterocycles. The van der Waals surface area contributed by atoms with Crippen molar-refractivity contribution in [2.45, 2.75) is 51.1 Å². The molecular weight excluding hydrogens is 372 g/mol.